The number of piperidine rings is 1. The molecular weight excluding hydrogens is 535 g/mol. The van der Waals surface area contributed by atoms with Gasteiger partial charge in [-0.2, -0.15) is 4.31 Å². The lowest BCUT2D eigenvalue weighted by atomic mass is 9.96. The zero-order chi connectivity index (χ0) is 27.7. The first kappa shape index (κ1) is 27.2. The van der Waals surface area contributed by atoms with Gasteiger partial charge in [-0.05, 0) is 59.1 Å². The van der Waals surface area contributed by atoms with Gasteiger partial charge in [-0.3, -0.25) is 0 Å². The highest BCUT2D eigenvalue weighted by Gasteiger charge is 2.50. The van der Waals surface area contributed by atoms with Crippen molar-refractivity contribution >= 4 is 38.6 Å². The van der Waals surface area contributed by atoms with Crippen LogP contribution in [0.1, 0.15) is 58.8 Å². The van der Waals surface area contributed by atoms with Crippen LogP contribution in [0.2, 0.25) is 5.02 Å². The summed E-state index contributed by atoms with van der Waals surface area (Å²) in [6, 6.07) is 1.75. The number of nitrogens with zero attached hydrogens (tertiary/aromatic N) is 5. The summed E-state index contributed by atoms with van der Waals surface area (Å²) >= 11 is 6.45. The Bertz CT molecular complexity index is 1510. The van der Waals surface area contributed by atoms with Crippen LogP contribution in [0.4, 0.5) is 10.3 Å². The molecule has 2 fully saturated rings. The van der Waals surface area contributed by atoms with Crippen LogP contribution >= 0.6 is 11.6 Å². The van der Waals surface area contributed by atoms with E-state index in [2.05, 4.69) is 20.3 Å². The fourth-order valence-electron chi connectivity index (χ4n) is 5.84. The molecule has 0 amide bonds. The van der Waals surface area contributed by atoms with Gasteiger partial charge in [0, 0.05) is 17.6 Å². The van der Waals surface area contributed by atoms with Crippen LogP contribution < -0.4 is 5.32 Å². The molecule has 0 aliphatic carbocycles. The van der Waals surface area contributed by atoms with E-state index in [-0.39, 0.29) is 34.3 Å². The lowest BCUT2D eigenvalue weighted by Crippen LogP contribution is -2.58. The van der Waals surface area contributed by atoms with Crippen LogP contribution in [0, 0.1) is 5.82 Å². The molecule has 13 heteroatoms. The number of fused-ring (bicyclic) bond motifs is 3. The topological polar surface area (TPSA) is 133 Å². The second-order valence-electron chi connectivity index (χ2n) is 11.0. The van der Waals surface area contributed by atoms with Gasteiger partial charge in [-0.25, -0.2) is 27.8 Å². The summed E-state index contributed by atoms with van der Waals surface area (Å²) < 4.78 is 43.0. The maximum absolute atomic E-state index is 15.3. The number of halogens is 2. The van der Waals surface area contributed by atoms with E-state index in [1.54, 1.807) is 24.5 Å². The molecule has 2 bridgehead atoms. The molecule has 5 rings (SSSR count). The minimum Gasteiger partial charge on any atom is -0.389 e. The predicted molar refractivity (Wildman–Crippen MR) is 143 cm³/mol. The average Bonchev–Trinajstić information content (AvgIpc) is 3.37. The summed E-state index contributed by atoms with van der Waals surface area (Å²) in [4.78, 5) is 13.2. The third-order valence-electron chi connectivity index (χ3n) is 7.34. The molecule has 4 heterocycles. The number of nitrogens with one attached hydrogen (secondary N) is 1. The summed E-state index contributed by atoms with van der Waals surface area (Å²) in [6.45, 7) is 7.06. The first-order valence-corrected chi connectivity index (χ1v) is 14.8. The van der Waals surface area contributed by atoms with E-state index < -0.39 is 39.6 Å². The first-order valence-electron chi connectivity index (χ1n) is 12.6. The molecule has 4 atom stereocenters. The second-order valence-corrected chi connectivity index (χ2v) is 13.3. The van der Waals surface area contributed by atoms with Gasteiger partial charge in [0.25, 0.3) is 0 Å². The summed E-state index contributed by atoms with van der Waals surface area (Å²) in [5, 5.41) is 25.0. The van der Waals surface area contributed by atoms with Gasteiger partial charge in [0.05, 0.1) is 46.9 Å². The van der Waals surface area contributed by atoms with E-state index in [0.29, 0.717) is 36.2 Å². The Morgan fingerprint density at radius 3 is 2.58 bits per heavy atom. The van der Waals surface area contributed by atoms with Crippen molar-refractivity contribution in [3.8, 4) is 11.3 Å². The van der Waals surface area contributed by atoms with E-state index in [1.807, 2.05) is 13.8 Å². The van der Waals surface area contributed by atoms with Crippen molar-refractivity contribution in [3.05, 3.63) is 35.0 Å². The van der Waals surface area contributed by atoms with Gasteiger partial charge in [0.15, 0.2) is 5.82 Å². The second kappa shape index (κ2) is 9.37. The molecule has 0 saturated carbocycles. The normalized spacial score (nSPS) is 24.5. The molecule has 1 aromatic carbocycles. The molecule has 38 heavy (non-hydrogen) atoms. The fourth-order valence-corrected chi connectivity index (χ4v) is 7.50. The number of imidazole rings is 1. The summed E-state index contributed by atoms with van der Waals surface area (Å²) in [7, 11) is -3.44. The van der Waals surface area contributed by atoms with Gasteiger partial charge < -0.3 is 20.1 Å². The molecule has 3 aromatic rings. The Labute approximate surface area is 225 Å². The number of rotatable bonds is 6. The maximum Gasteiger partial charge on any atom is 0.223 e. The van der Waals surface area contributed by atoms with E-state index in [0.717, 1.165) is 0 Å². The van der Waals surface area contributed by atoms with Crippen LogP contribution in [0.3, 0.4) is 0 Å². The minimum absolute atomic E-state index is 0.108. The Balaban J connectivity index is 1.51. The highest BCUT2D eigenvalue weighted by Crippen LogP contribution is 2.39. The Morgan fingerprint density at radius 2 is 1.95 bits per heavy atom. The van der Waals surface area contributed by atoms with Gasteiger partial charge >= 0.3 is 0 Å². The Morgan fingerprint density at radius 1 is 1.24 bits per heavy atom. The van der Waals surface area contributed by atoms with Crippen molar-refractivity contribution < 1.29 is 23.0 Å². The molecule has 0 radical (unpaired) electrons. The SMILES string of the molecule is CC(C)n1c(C(C)(C)O)nc2c(F)cc(-c3nc(NC4CC5CCC(C4O)N5S(C)(=O)=O)ncc3Cl)cc21. The van der Waals surface area contributed by atoms with E-state index in [9.17, 15) is 18.6 Å². The van der Waals surface area contributed by atoms with Crippen LogP contribution in [-0.4, -0.2) is 72.9 Å². The molecule has 4 unspecified atom stereocenters. The van der Waals surface area contributed by atoms with Gasteiger partial charge in [-0.15, -0.1) is 0 Å². The van der Waals surface area contributed by atoms with Crippen molar-refractivity contribution in [1.82, 2.24) is 23.8 Å². The Hall–Kier alpha value is -2.38. The van der Waals surface area contributed by atoms with Crippen molar-refractivity contribution in [1.29, 1.82) is 0 Å². The molecule has 2 aliphatic rings. The summed E-state index contributed by atoms with van der Waals surface area (Å²) in [6.07, 6.45) is 3.29. The molecular formula is C25H32ClFN6O4S. The lowest BCUT2D eigenvalue weighted by Gasteiger charge is -2.41. The Kier molecular flexibility index (Phi) is 6.71. The van der Waals surface area contributed by atoms with E-state index >= 15 is 4.39 Å². The van der Waals surface area contributed by atoms with Crippen molar-refractivity contribution in [3.63, 3.8) is 0 Å². The summed E-state index contributed by atoms with van der Waals surface area (Å²) in [5.41, 5.74) is 0.0436. The molecule has 0 spiro atoms. The van der Waals surface area contributed by atoms with Crippen LogP contribution in [-0.2, 0) is 15.6 Å². The zero-order valence-electron chi connectivity index (χ0n) is 21.9. The molecule has 2 aliphatic heterocycles. The van der Waals surface area contributed by atoms with Gasteiger partial charge in [0.1, 0.15) is 16.9 Å². The summed E-state index contributed by atoms with van der Waals surface area (Å²) in [5.74, 6) is -0.0406. The quantitative estimate of drug-likeness (QED) is 0.413. The zero-order valence-corrected chi connectivity index (χ0v) is 23.4. The maximum atomic E-state index is 15.3. The molecule has 2 aromatic heterocycles. The largest absolute Gasteiger partial charge is 0.389 e. The highest BCUT2D eigenvalue weighted by atomic mass is 35.5. The number of aliphatic hydroxyl groups is 2. The lowest BCUT2D eigenvalue weighted by molar-refractivity contribution is 0.0472. The van der Waals surface area contributed by atoms with Crippen LogP contribution in [0.15, 0.2) is 18.3 Å². The fraction of sp³-hybridized carbons (Fsp3) is 0.560. The van der Waals surface area contributed by atoms with Crippen molar-refractivity contribution in [2.75, 3.05) is 11.6 Å². The number of sulfonamides is 1. The van der Waals surface area contributed by atoms with E-state index in [1.165, 1.54) is 22.8 Å². The minimum atomic E-state index is -3.44. The highest BCUT2D eigenvalue weighted by molar-refractivity contribution is 7.88. The molecule has 3 N–H and O–H groups in total. The van der Waals surface area contributed by atoms with Crippen LogP contribution in [0.5, 0.6) is 0 Å². The standard InChI is InChI=1S/C25H32ClFN6O4S/c1-12(2)32-19-9-13(8-16(27)21(19)30-23(32)25(3,4)35)20-15(26)11-28-24(31-20)29-17-10-14-6-7-18(22(17)34)33(14)38(5,36)37/h8-9,11-12,14,17-18,22,34-35H,6-7,10H2,1-5H3,(H,28,29,31). The van der Waals surface area contributed by atoms with Crippen molar-refractivity contribution in [2.24, 2.45) is 0 Å². The third kappa shape index (κ3) is 4.66. The van der Waals surface area contributed by atoms with Gasteiger partial charge in [-0.1, -0.05) is 11.6 Å². The molecule has 2 saturated heterocycles. The van der Waals surface area contributed by atoms with Crippen LogP contribution in [0.25, 0.3) is 22.3 Å². The first-order chi connectivity index (χ1) is 17.7. The smallest absolute Gasteiger partial charge is 0.223 e. The monoisotopic (exact) mass is 566 g/mol. The number of aliphatic hydroxyl groups excluding tert-OH is 1. The number of hydrogen-bond acceptors (Lipinski definition) is 8. The van der Waals surface area contributed by atoms with Crippen molar-refractivity contribution in [2.45, 2.75) is 82.8 Å². The number of aromatic nitrogens is 4. The van der Waals surface area contributed by atoms with E-state index in [4.69, 9.17) is 11.6 Å². The number of hydrogen-bond donors (Lipinski definition) is 3. The predicted octanol–water partition coefficient (Wildman–Crippen LogP) is 3.43. The number of anilines is 1. The number of benzene rings is 1. The third-order valence-corrected chi connectivity index (χ3v) is 8.95. The molecule has 206 valence electrons. The van der Waals surface area contributed by atoms with Gasteiger partial charge in [0.2, 0.25) is 16.0 Å². The molecule has 10 nitrogen and oxygen atoms in total. The average molecular weight is 567 g/mol.